The maximum atomic E-state index is 11.8. The number of thioether (sulfide) groups is 1. The summed E-state index contributed by atoms with van der Waals surface area (Å²) in [5.41, 5.74) is 2.10. The Bertz CT molecular complexity index is 477. The average molecular weight is 372 g/mol. The van der Waals surface area contributed by atoms with E-state index in [0.717, 1.165) is 44.3 Å². The predicted molar refractivity (Wildman–Crippen MR) is 97.8 cm³/mol. The quantitative estimate of drug-likeness (QED) is 0.118. The van der Waals surface area contributed by atoms with Crippen molar-refractivity contribution in [1.29, 1.82) is 0 Å². The number of hydrogen-bond acceptors (Lipinski definition) is 5. The van der Waals surface area contributed by atoms with Gasteiger partial charge in [0.25, 0.3) is 0 Å². The van der Waals surface area contributed by atoms with Gasteiger partial charge in [-0.25, -0.2) is 10.6 Å². The maximum Gasteiger partial charge on any atom is 0.315 e. The number of hydrogen-bond donors (Lipinski definition) is 5. The zero-order valence-electron chi connectivity index (χ0n) is 14.5. The van der Waals surface area contributed by atoms with E-state index in [1.165, 1.54) is 0 Å². The van der Waals surface area contributed by atoms with E-state index in [4.69, 9.17) is 5.84 Å². The molecule has 25 heavy (non-hydrogen) atoms. The molecule has 2 rings (SSSR count). The van der Waals surface area contributed by atoms with Crippen LogP contribution in [0.4, 0.5) is 4.79 Å². The Balaban J connectivity index is 1.44. The average Bonchev–Trinajstić information content (AvgIpc) is 3.14. The van der Waals surface area contributed by atoms with E-state index in [1.54, 1.807) is 0 Å². The van der Waals surface area contributed by atoms with E-state index >= 15 is 0 Å². The number of nitrogens with two attached hydrogens (primary N) is 1. The van der Waals surface area contributed by atoms with Crippen LogP contribution in [0, 0.1) is 0 Å². The van der Waals surface area contributed by atoms with Crippen LogP contribution in [-0.2, 0) is 9.59 Å². The molecule has 0 radical (unpaired) electrons. The van der Waals surface area contributed by atoms with Crippen LogP contribution in [0.15, 0.2) is 0 Å². The lowest BCUT2D eigenvalue weighted by atomic mass is 10.0. The molecule has 3 unspecified atom stereocenters. The summed E-state index contributed by atoms with van der Waals surface area (Å²) in [5.74, 6) is 5.92. The molecule has 8 nitrogen and oxygen atoms in total. The lowest BCUT2D eigenvalue weighted by Crippen LogP contribution is -2.36. The monoisotopic (exact) mass is 371 g/mol. The van der Waals surface area contributed by atoms with Crippen molar-refractivity contribution in [2.45, 2.75) is 68.7 Å². The summed E-state index contributed by atoms with van der Waals surface area (Å²) in [6.07, 6.45) is 6.44. The van der Waals surface area contributed by atoms with Gasteiger partial charge in [-0.1, -0.05) is 12.8 Å². The van der Waals surface area contributed by atoms with E-state index < -0.39 is 0 Å². The molecule has 142 valence electrons. The first-order chi connectivity index (χ1) is 12.1. The van der Waals surface area contributed by atoms with Crippen LogP contribution in [0.3, 0.4) is 0 Å². The van der Waals surface area contributed by atoms with Gasteiger partial charge in [-0.15, -0.1) is 0 Å². The van der Waals surface area contributed by atoms with Crippen LogP contribution in [0.5, 0.6) is 0 Å². The summed E-state index contributed by atoms with van der Waals surface area (Å²) in [6.45, 7) is 0.656. The van der Waals surface area contributed by atoms with E-state index in [-0.39, 0.29) is 29.9 Å². The molecule has 2 aliphatic rings. The number of urea groups is 1. The fraction of sp³-hybridized carbons (Fsp3) is 0.812. The summed E-state index contributed by atoms with van der Waals surface area (Å²) in [5, 5.41) is 9.30. The van der Waals surface area contributed by atoms with Gasteiger partial charge in [0.15, 0.2) is 0 Å². The first-order valence-corrected chi connectivity index (χ1v) is 10.1. The Morgan fingerprint density at radius 1 is 1.08 bits per heavy atom. The summed E-state index contributed by atoms with van der Waals surface area (Å²) in [4.78, 5) is 34.1. The van der Waals surface area contributed by atoms with Gasteiger partial charge in [0, 0.05) is 30.4 Å². The van der Waals surface area contributed by atoms with E-state index in [9.17, 15) is 14.4 Å². The predicted octanol–water partition coefficient (Wildman–Crippen LogP) is 0.379. The highest BCUT2D eigenvalue weighted by Gasteiger charge is 2.42. The Morgan fingerprint density at radius 2 is 1.84 bits per heavy atom. The third kappa shape index (κ3) is 6.74. The molecule has 9 heteroatoms. The lowest BCUT2D eigenvalue weighted by molar-refractivity contribution is -0.122. The molecular formula is C16H29N5O3S. The van der Waals surface area contributed by atoms with Gasteiger partial charge in [-0.2, -0.15) is 11.8 Å². The van der Waals surface area contributed by atoms with Gasteiger partial charge in [0.2, 0.25) is 11.8 Å². The first kappa shape index (κ1) is 19.8. The first-order valence-electron chi connectivity index (χ1n) is 9.05. The Labute approximate surface area is 152 Å². The minimum atomic E-state index is -0.149. The van der Waals surface area contributed by atoms with Crippen molar-refractivity contribution >= 4 is 29.6 Å². The number of nitrogens with one attached hydrogen (secondary N) is 4. The van der Waals surface area contributed by atoms with Crippen molar-refractivity contribution in [2.24, 2.45) is 5.84 Å². The second-order valence-corrected chi connectivity index (χ2v) is 7.87. The molecule has 0 spiro atoms. The van der Waals surface area contributed by atoms with Crippen molar-refractivity contribution in [3.63, 3.8) is 0 Å². The second-order valence-electron chi connectivity index (χ2n) is 6.60. The zero-order valence-corrected chi connectivity index (χ0v) is 15.3. The van der Waals surface area contributed by atoms with Crippen LogP contribution in [0.2, 0.25) is 0 Å². The number of carbonyl (C=O) groups excluding carboxylic acids is 3. The Hall–Kier alpha value is -1.48. The van der Waals surface area contributed by atoms with Gasteiger partial charge in [0.05, 0.1) is 12.1 Å². The Kier molecular flexibility index (Phi) is 8.33. The molecule has 2 saturated heterocycles. The third-order valence-corrected chi connectivity index (χ3v) is 6.15. The topological polar surface area (TPSA) is 125 Å². The number of amides is 4. The van der Waals surface area contributed by atoms with Gasteiger partial charge in [0.1, 0.15) is 0 Å². The molecule has 3 atom stereocenters. The van der Waals surface area contributed by atoms with Crippen molar-refractivity contribution in [3.8, 4) is 0 Å². The maximum absolute atomic E-state index is 11.8. The molecule has 0 aliphatic carbocycles. The molecular weight excluding hydrogens is 342 g/mol. The molecule has 6 N–H and O–H groups in total. The number of hydrazine groups is 1. The normalized spacial score (nSPS) is 24.4. The highest BCUT2D eigenvalue weighted by Crippen LogP contribution is 2.33. The number of fused-ring (bicyclic) bond motifs is 1. The lowest BCUT2D eigenvalue weighted by Gasteiger charge is -2.16. The molecule has 2 heterocycles. The summed E-state index contributed by atoms with van der Waals surface area (Å²) in [6, 6.07) is 0.456. The number of carbonyl (C=O) groups is 3. The van der Waals surface area contributed by atoms with E-state index in [1.807, 2.05) is 11.8 Å². The van der Waals surface area contributed by atoms with Gasteiger partial charge < -0.3 is 16.0 Å². The summed E-state index contributed by atoms with van der Waals surface area (Å²) in [7, 11) is 0. The molecule has 0 bridgehead atoms. The molecule has 0 aromatic carbocycles. The standard InChI is InChI=1S/C16H29N5O3S/c17-21-14(23)8-2-1-5-9-18-13(22)7-4-3-6-12-15-11(10-25-12)19-16(24)20-15/h11-12,15H,1-10,17H2,(H,18,22)(H,21,23)(H2,19,20,24). The molecule has 4 amide bonds. The molecule has 0 aromatic heterocycles. The molecule has 2 fully saturated rings. The van der Waals surface area contributed by atoms with Gasteiger partial charge in [-0.3, -0.25) is 15.0 Å². The van der Waals surface area contributed by atoms with Crippen molar-refractivity contribution in [3.05, 3.63) is 0 Å². The van der Waals surface area contributed by atoms with Gasteiger partial charge >= 0.3 is 6.03 Å². The fourth-order valence-corrected chi connectivity index (χ4v) is 4.79. The summed E-state index contributed by atoms with van der Waals surface area (Å²) < 4.78 is 0. The SMILES string of the molecule is NNC(=O)CCCCCNC(=O)CCCCC1SCC2NC(=O)NC21. The van der Waals surface area contributed by atoms with Gasteiger partial charge in [-0.05, 0) is 25.7 Å². The zero-order chi connectivity index (χ0) is 18.1. The van der Waals surface area contributed by atoms with Crippen LogP contribution >= 0.6 is 11.8 Å². The van der Waals surface area contributed by atoms with E-state index in [0.29, 0.717) is 24.6 Å². The summed E-state index contributed by atoms with van der Waals surface area (Å²) >= 11 is 1.91. The van der Waals surface area contributed by atoms with Crippen molar-refractivity contribution < 1.29 is 14.4 Å². The third-order valence-electron chi connectivity index (χ3n) is 4.64. The minimum Gasteiger partial charge on any atom is -0.356 e. The van der Waals surface area contributed by atoms with Crippen LogP contribution < -0.4 is 27.2 Å². The Morgan fingerprint density at radius 3 is 2.64 bits per heavy atom. The molecule has 2 aliphatic heterocycles. The highest BCUT2D eigenvalue weighted by atomic mass is 32.2. The fourth-order valence-electron chi connectivity index (χ4n) is 3.25. The molecule has 0 saturated carbocycles. The van der Waals surface area contributed by atoms with Crippen LogP contribution in [-0.4, -0.2) is 47.5 Å². The van der Waals surface area contributed by atoms with E-state index in [2.05, 4.69) is 21.4 Å². The number of unbranched alkanes of at least 4 members (excludes halogenated alkanes) is 3. The van der Waals surface area contributed by atoms with Crippen LogP contribution in [0.1, 0.15) is 51.4 Å². The van der Waals surface area contributed by atoms with Crippen LogP contribution in [0.25, 0.3) is 0 Å². The smallest absolute Gasteiger partial charge is 0.315 e. The second kappa shape index (κ2) is 10.5. The van der Waals surface area contributed by atoms with Crippen molar-refractivity contribution in [1.82, 2.24) is 21.4 Å². The largest absolute Gasteiger partial charge is 0.356 e. The number of rotatable bonds is 11. The van der Waals surface area contributed by atoms with Crippen molar-refractivity contribution in [2.75, 3.05) is 12.3 Å². The molecule has 0 aromatic rings. The highest BCUT2D eigenvalue weighted by molar-refractivity contribution is 8.00. The minimum absolute atomic E-state index is 0.0525.